The average molecular weight is 428 g/mol. The number of benzene rings is 1. The van der Waals surface area contributed by atoms with Crippen LogP contribution in [0.15, 0.2) is 35.6 Å². The minimum atomic E-state index is -0.514. The summed E-state index contributed by atoms with van der Waals surface area (Å²) in [4.78, 5) is 20.7. The van der Waals surface area contributed by atoms with Gasteiger partial charge in [0.15, 0.2) is 0 Å². The van der Waals surface area contributed by atoms with Crippen LogP contribution in [0, 0.1) is 11.3 Å². The van der Waals surface area contributed by atoms with Gasteiger partial charge < -0.3 is 10.6 Å². The summed E-state index contributed by atoms with van der Waals surface area (Å²) in [5, 5.41) is 11.9. The van der Waals surface area contributed by atoms with Crippen molar-refractivity contribution < 1.29 is 6.22 Å². The molecule has 8 heteroatoms. The van der Waals surface area contributed by atoms with E-state index in [0.29, 0.717) is 5.92 Å². The molecule has 0 aliphatic carbocycles. The van der Waals surface area contributed by atoms with Crippen LogP contribution >= 0.6 is 0 Å². The normalized spacial score (nSPS) is 16.7. The van der Waals surface area contributed by atoms with E-state index in [1.54, 1.807) is 6.07 Å². The molecule has 0 bridgehead atoms. The Kier molecular flexibility index (Phi) is 12.5. The fourth-order valence-electron chi connectivity index (χ4n) is 3.12. The van der Waals surface area contributed by atoms with Gasteiger partial charge in [0.05, 0.1) is 5.69 Å². The second-order valence-electron chi connectivity index (χ2n) is 7.20. The number of carbonyl (C=O) groups excluding carboxylic acids is 1. The Morgan fingerprint density at radius 1 is 1.29 bits per heavy atom. The van der Waals surface area contributed by atoms with E-state index < -0.39 is 5.91 Å². The number of fused-ring (bicyclic) bond motifs is 1. The summed E-state index contributed by atoms with van der Waals surface area (Å²) in [6.07, 6.45) is 8.47. The fraction of sp³-hybridized carbons (Fsp3) is 0.522. The maximum atomic E-state index is 10.3. The highest BCUT2D eigenvalue weighted by Gasteiger charge is 2.10. The largest absolute Gasteiger partial charge is 0.368 e. The third-order valence-corrected chi connectivity index (χ3v) is 4.71. The van der Waals surface area contributed by atoms with Crippen molar-refractivity contribution in [1.29, 1.82) is 5.26 Å². The van der Waals surface area contributed by atoms with Gasteiger partial charge in [-0.25, -0.2) is 9.67 Å². The number of amides is 1. The maximum absolute atomic E-state index is 10.3. The molecular weight excluding hydrogens is 390 g/mol. The number of para-hydroxylation sites is 1. The summed E-state index contributed by atoms with van der Waals surface area (Å²) in [5.74, 6) is 0.175. The Labute approximate surface area is 187 Å². The molecular formula is C23H37N7O. The van der Waals surface area contributed by atoms with Gasteiger partial charge in [0.1, 0.15) is 18.9 Å². The van der Waals surface area contributed by atoms with Gasteiger partial charge in [0.25, 0.3) is 5.82 Å². The Hall–Kier alpha value is -3.05. The smallest absolute Gasteiger partial charge is 0.252 e. The molecule has 8 nitrogen and oxygen atoms in total. The van der Waals surface area contributed by atoms with Crippen LogP contribution in [0.3, 0.4) is 0 Å². The molecule has 1 atom stereocenters. The second-order valence-corrected chi connectivity index (χ2v) is 7.20. The van der Waals surface area contributed by atoms with E-state index in [9.17, 15) is 4.79 Å². The first-order valence-electron chi connectivity index (χ1n) is 10.9. The molecule has 1 saturated heterocycles. The van der Waals surface area contributed by atoms with Crippen molar-refractivity contribution in [2.75, 3.05) is 20.1 Å². The number of rotatable bonds is 2. The number of hydrogen-bond donors (Lipinski definition) is 1. The molecule has 2 N–H and O–H groups in total. The van der Waals surface area contributed by atoms with E-state index in [-0.39, 0.29) is 13.8 Å². The zero-order chi connectivity index (χ0) is 23.1. The summed E-state index contributed by atoms with van der Waals surface area (Å²) in [7, 11) is 2.17. The van der Waals surface area contributed by atoms with Gasteiger partial charge in [-0.3, -0.25) is 9.79 Å². The number of nitrogens with two attached hydrogens (primary N) is 1. The molecule has 0 radical (unpaired) electrons. The van der Waals surface area contributed by atoms with Crippen molar-refractivity contribution in [2.24, 2.45) is 10.7 Å². The highest BCUT2D eigenvalue weighted by molar-refractivity contribution is 5.73. The predicted octanol–water partition coefficient (Wildman–Crippen LogP) is 3.91. The zero-order valence-corrected chi connectivity index (χ0v) is 19.2. The van der Waals surface area contributed by atoms with Crippen LogP contribution in [-0.2, 0) is 11.3 Å². The third-order valence-electron chi connectivity index (χ3n) is 4.71. The van der Waals surface area contributed by atoms with Crippen LogP contribution in [0.4, 0.5) is 5.69 Å². The molecule has 31 heavy (non-hydrogen) atoms. The molecule has 0 saturated carbocycles. The van der Waals surface area contributed by atoms with Gasteiger partial charge in [-0.15, -0.1) is 5.10 Å². The number of nitrogens with zero attached hydrogens (tertiary/aromatic N) is 6. The van der Waals surface area contributed by atoms with Gasteiger partial charge in [-0.1, -0.05) is 39.0 Å². The maximum Gasteiger partial charge on any atom is 0.252 e. The van der Waals surface area contributed by atoms with Gasteiger partial charge >= 0.3 is 0 Å². The Bertz CT molecular complexity index is 854. The minimum Gasteiger partial charge on any atom is -0.368 e. The van der Waals surface area contributed by atoms with Crippen LogP contribution in [0.2, 0.25) is 0 Å². The van der Waals surface area contributed by atoms with E-state index in [2.05, 4.69) is 52.1 Å². The van der Waals surface area contributed by atoms with Crippen molar-refractivity contribution in [3.63, 3.8) is 0 Å². The van der Waals surface area contributed by atoms with E-state index in [1.165, 1.54) is 48.9 Å². The summed E-state index contributed by atoms with van der Waals surface area (Å²) < 4.78 is 1.21. The van der Waals surface area contributed by atoms with Crippen LogP contribution in [0.5, 0.6) is 0 Å². The molecule has 2 aromatic rings. The van der Waals surface area contributed by atoms with E-state index >= 15 is 0 Å². The van der Waals surface area contributed by atoms with Crippen LogP contribution in [-0.4, -0.2) is 51.9 Å². The number of carbonyl (C=O) groups is 1. The number of aliphatic imine (C=N–C) groups is 1. The monoisotopic (exact) mass is 427 g/mol. The van der Waals surface area contributed by atoms with Gasteiger partial charge in [0.2, 0.25) is 5.91 Å². The van der Waals surface area contributed by atoms with E-state index in [0.717, 1.165) is 12.1 Å². The van der Waals surface area contributed by atoms with Gasteiger partial charge in [0, 0.05) is 7.64 Å². The molecule has 4 rings (SSSR count). The molecule has 1 amide bonds. The second kappa shape index (κ2) is 14.9. The molecule has 1 fully saturated rings. The highest BCUT2D eigenvalue weighted by atomic mass is 16.1. The number of primary amides is 1. The lowest BCUT2D eigenvalue weighted by molar-refractivity contribution is -0.118. The van der Waals surface area contributed by atoms with Crippen LogP contribution in [0.1, 0.15) is 65.2 Å². The average Bonchev–Trinajstić information content (AvgIpc) is 3.40. The molecule has 2 aliphatic rings. The molecule has 0 spiro atoms. The van der Waals surface area contributed by atoms with Crippen LogP contribution in [0.25, 0.3) is 0 Å². The fourth-order valence-corrected chi connectivity index (χ4v) is 3.12. The lowest BCUT2D eigenvalue weighted by Crippen LogP contribution is -2.18. The molecule has 1 unspecified atom stereocenters. The summed E-state index contributed by atoms with van der Waals surface area (Å²) >= 11 is 0. The highest BCUT2D eigenvalue weighted by Crippen LogP contribution is 2.31. The molecule has 170 valence electrons. The van der Waals surface area contributed by atoms with Crippen molar-refractivity contribution in [1.82, 2.24) is 19.7 Å². The summed E-state index contributed by atoms with van der Waals surface area (Å²) in [6.45, 7) is 8.86. The zero-order valence-electron chi connectivity index (χ0n) is 19.2. The molecule has 3 heterocycles. The topological polar surface area (TPSA) is 113 Å². The third kappa shape index (κ3) is 10.0. The van der Waals surface area contributed by atoms with Crippen LogP contribution < -0.4 is 5.73 Å². The summed E-state index contributed by atoms with van der Waals surface area (Å²) in [5.41, 5.74) is 7.41. The van der Waals surface area contributed by atoms with Gasteiger partial charge in [-0.2, -0.15) is 5.26 Å². The Morgan fingerprint density at radius 2 is 1.97 bits per heavy atom. The first kappa shape index (κ1) is 26.0. The number of nitriles is 1. The Morgan fingerprint density at radius 3 is 2.52 bits per heavy atom. The number of likely N-dealkylation sites (tertiary alicyclic amines) is 1. The Balaban J connectivity index is 0.000000446. The quantitative estimate of drug-likeness (QED) is 0.781. The minimum absolute atomic E-state index is 0. The predicted molar refractivity (Wildman–Crippen MR) is 126 cm³/mol. The molecule has 1 aromatic carbocycles. The molecule has 2 aliphatic heterocycles. The van der Waals surface area contributed by atoms with Crippen molar-refractivity contribution in [3.05, 3.63) is 42.0 Å². The van der Waals surface area contributed by atoms with Crippen molar-refractivity contribution in [3.8, 4) is 6.07 Å². The number of hydrogen-bond acceptors (Lipinski definition) is 6. The number of aromatic nitrogens is 3. The summed E-state index contributed by atoms with van der Waals surface area (Å²) in [6, 6.07) is 10.1. The lowest BCUT2D eigenvalue weighted by atomic mass is 9.96. The lowest BCUT2D eigenvalue weighted by Gasteiger charge is -2.09. The first-order chi connectivity index (χ1) is 15.0. The van der Waals surface area contributed by atoms with Crippen molar-refractivity contribution >= 4 is 17.8 Å². The van der Waals surface area contributed by atoms with E-state index in [1.807, 2.05) is 26.1 Å². The van der Waals surface area contributed by atoms with Gasteiger partial charge in [-0.05, 0) is 63.4 Å². The van der Waals surface area contributed by atoms with E-state index in [4.69, 9.17) is 11.0 Å². The SMILES string of the molecule is CC.CC1CCC=Nc2ccccc21.CN1CCCC1.N#Cc1ncn(CC(N)=O)n1.[HH]. The first-order valence-corrected chi connectivity index (χ1v) is 10.9. The molecule has 1 aromatic heterocycles. The standard InChI is InChI=1S/C11H13N.C5H5N5O.C5H11N.C2H6.H2/c1-9-5-4-8-12-11-7-3-2-6-10(9)11;6-1-5-8-3-10(9-5)2-4(7)11;1-6-4-2-3-5-6;1-2;/h2-3,6-9H,4-5H2,1H3;3H,2H2,(H2,7,11);2-5H2,1H3;1-2H3;1H. The van der Waals surface area contributed by atoms with Crippen molar-refractivity contribution in [2.45, 2.75) is 58.9 Å².